The van der Waals surface area contributed by atoms with Crippen molar-refractivity contribution < 1.29 is 9.53 Å². The summed E-state index contributed by atoms with van der Waals surface area (Å²) in [7, 11) is 0. The normalized spacial score (nSPS) is 39.7. The lowest BCUT2D eigenvalue weighted by Crippen LogP contribution is -2.61. The fraction of sp³-hybridized carbons (Fsp3) is 0.933. The lowest BCUT2D eigenvalue weighted by Gasteiger charge is -2.46. The summed E-state index contributed by atoms with van der Waals surface area (Å²) in [4.78, 5) is 15.0. The molecule has 0 spiro atoms. The highest BCUT2D eigenvalue weighted by molar-refractivity contribution is 5.82. The zero-order valence-corrected chi connectivity index (χ0v) is 11.9. The summed E-state index contributed by atoms with van der Waals surface area (Å²) in [6.07, 6.45) is 7.40. The van der Waals surface area contributed by atoms with E-state index in [4.69, 9.17) is 4.74 Å². The van der Waals surface area contributed by atoms with Crippen LogP contribution in [-0.2, 0) is 9.53 Å². The number of nitrogens with zero attached hydrogens (tertiary/aromatic N) is 1. The molecule has 2 heterocycles. The number of carbonyl (C=O) groups excluding carboxylic acids is 1. The number of piperidine rings is 1. The van der Waals surface area contributed by atoms with Crippen molar-refractivity contribution in [1.29, 1.82) is 0 Å². The third kappa shape index (κ3) is 2.65. The van der Waals surface area contributed by atoms with Gasteiger partial charge in [0.15, 0.2) is 0 Å². The van der Waals surface area contributed by atoms with Crippen LogP contribution in [-0.4, -0.2) is 48.7 Å². The van der Waals surface area contributed by atoms with Crippen molar-refractivity contribution >= 4 is 5.91 Å². The van der Waals surface area contributed by atoms with Crippen molar-refractivity contribution in [2.24, 2.45) is 5.92 Å². The van der Waals surface area contributed by atoms with Crippen LogP contribution in [0.1, 0.15) is 45.4 Å². The molecule has 4 atom stereocenters. The van der Waals surface area contributed by atoms with E-state index in [1.807, 2.05) is 0 Å². The molecule has 19 heavy (non-hydrogen) atoms. The first-order valence-electron chi connectivity index (χ1n) is 7.93. The average molecular weight is 266 g/mol. The zero-order chi connectivity index (χ0) is 13.2. The molecule has 4 heteroatoms. The molecule has 2 saturated heterocycles. The molecule has 3 rings (SSSR count). The van der Waals surface area contributed by atoms with E-state index in [1.165, 1.54) is 25.7 Å². The predicted molar refractivity (Wildman–Crippen MR) is 73.9 cm³/mol. The van der Waals surface area contributed by atoms with Crippen LogP contribution in [0.15, 0.2) is 0 Å². The summed E-state index contributed by atoms with van der Waals surface area (Å²) < 4.78 is 5.86. The van der Waals surface area contributed by atoms with Gasteiger partial charge in [0.25, 0.3) is 0 Å². The van der Waals surface area contributed by atoms with Crippen molar-refractivity contribution in [3.8, 4) is 0 Å². The molecule has 3 aliphatic rings. The van der Waals surface area contributed by atoms with Gasteiger partial charge in [-0.3, -0.25) is 4.79 Å². The van der Waals surface area contributed by atoms with Crippen LogP contribution in [0.4, 0.5) is 0 Å². The van der Waals surface area contributed by atoms with Gasteiger partial charge >= 0.3 is 0 Å². The molecule has 108 valence electrons. The molecule has 1 aliphatic carbocycles. The highest BCUT2D eigenvalue weighted by Gasteiger charge is 2.40. The Morgan fingerprint density at radius 1 is 1.21 bits per heavy atom. The van der Waals surface area contributed by atoms with Crippen molar-refractivity contribution in [2.45, 2.75) is 63.6 Å². The van der Waals surface area contributed by atoms with E-state index in [0.717, 1.165) is 25.9 Å². The van der Waals surface area contributed by atoms with Gasteiger partial charge in [-0.05, 0) is 38.1 Å². The highest BCUT2D eigenvalue weighted by atomic mass is 16.5. The number of morpholine rings is 1. The van der Waals surface area contributed by atoms with Gasteiger partial charge in [-0.2, -0.15) is 0 Å². The second-order valence-electron chi connectivity index (χ2n) is 6.34. The van der Waals surface area contributed by atoms with Gasteiger partial charge in [0.05, 0.1) is 24.8 Å². The van der Waals surface area contributed by atoms with Gasteiger partial charge < -0.3 is 15.0 Å². The molecule has 1 amide bonds. The minimum absolute atomic E-state index is 0.0365. The van der Waals surface area contributed by atoms with Gasteiger partial charge in [-0.15, -0.1) is 0 Å². The minimum atomic E-state index is 0.0365. The minimum Gasteiger partial charge on any atom is -0.374 e. The first-order valence-corrected chi connectivity index (χ1v) is 7.93. The van der Waals surface area contributed by atoms with E-state index < -0.39 is 0 Å². The SMILES string of the molecule is CC1CCCNC1C(=O)N1CCOC2CCCCC21. The number of rotatable bonds is 1. The van der Waals surface area contributed by atoms with Crippen LogP contribution in [0, 0.1) is 5.92 Å². The summed E-state index contributed by atoms with van der Waals surface area (Å²) >= 11 is 0. The molecule has 3 fully saturated rings. The molecule has 0 radical (unpaired) electrons. The highest BCUT2D eigenvalue weighted by Crippen LogP contribution is 2.30. The van der Waals surface area contributed by atoms with Crippen molar-refractivity contribution in [3.05, 3.63) is 0 Å². The van der Waals surface area contributed by atoms with Crippen LogP contribution in [0.25, 0.3) is 0 Å². The van der Waals surface area contributed by atoms with E-state index >= 15 is 0 Å². The number of fused-ring (bicyclic) bond motifs is 1. The number of amides is 1. The molecule has 4 unspecified atom stereocenters. The number of ether oxygens (including phenoxy) is 1. The maximum absolute atomic E-state index is 12.8. The van der Waals surface area contributed by atoms with Crippen LogP contribution >= 0.6 is 0 Å². The van der Waals surface area contributed by atoms with E-state index in [0.29, 0.717) is 30.6 Å². The smallest absolute Gasteiger partial charge is 0.240 e. The fourth-order valence-electron chi connectivity index (χ4n) is 3.93. The first-order chi connectivity index (χ1) is 9.27. The summed E-state index contributed by atoms with van der Waals surface area (Å²) in [6, 6.07) is 0.375. The number of carbonyl (C=O) groups is 1. The van der Waals surface area contributed by atoms with Gasteiger partial charge in [-0.25, -0.2) is 0 Å². The van der Waals surface area contributed by atoms with Crippen LogP contribution < -0.4 is 5.32 Å². The van der Waals surface area contributed by atoms with E-state index in [2.05, 4.69) is 17.1 Å². The average Bonchev–Trinajstić information content (AvgIpc) is 2.46. The molecule has 2 aliphatic heterocycles. The van der Waals surface area contributed by atoms with Gasteiger partial charge in [0.1, 0.15) is 0 Å². The molecule has 0 bridgehead atoms. The summed E-state index contributed by atoms with van der Waals surface area (Å²) in [5.74, 6) is 0.790. The van der Waals surface area contributed by atoms with Crippen LogP contribution in [0.2, 0.25) is 0 Å². The van der Waals surface area contributed by atoms with E-state index in [9.17, 15) is 4.79 Å². The second-order valence-corrected chi connectivity index (χ2v) is 6.34. The monoisotopic (exact) mass is 266 g/mol. The Kier molecular flexibility index (Phi) is 4.08. The van der Waals surface area contributed by atoms with E-state index in [-0.39, 0.29) is 6.04 Å². The Labute approximate surface area is 115 Å². The molecule has 4 nitrogen and oxygen atoms in total. The fourth-order valence-corrected chi connectivity index (χ4v) is 3.93. The maximum Gasteiger partial charge on any atom is 0.240 e. The number of hydrogen-bond acceptors (Lipinski definition) is 3. The third-order valence-corrected chi connectivity index (χ3v) is 5.05. The maximum atomic E-state index is 12.8. The Hall–Kier alpha value is -0.610. The summed E-state index contributed by atoms with van der Waals surface area (Å²) in [5.41, 5.74) is 0. The second kappa shape index (κ2) is 5.80. The lowest BCUT2D eigenvalue weighted by atomic mass is 9.87. The Balaban J connectivity index is 1.70. The Morgan fingerprint density at radius 3 is 2.89 bits per heavy atom. The van der Waals surface area contributed by atoms with Gasteiger partial charge in [-0.1, -0.05) is 19.8 Å². The predicted octanol–water partition coefficient (Wildman–Crippen LogP) is 1.54. The van der Waals surface area contributed by atoms with Crippen molar-refractivity contribution in [2.75, 3.05) is 19.7 Å². The van der Waals surface area contributed by atoms with Crippen LogP contribution in [0.5, 0.6) is 0 Å². The first kappa shape index (κ1) is 13.4. The van der Waals surface area contributed by atoms with Gasteiger partial charge in [0.2, 0.25) is 5.91 Å². The third-order valence-electron chi connectivity index (χ3n) is 5.05. The molecule has 0 aromatic heterocycles. The largest absolute Gasteiger partial charge is 0.374 e. The Morgan fingerprint density at radius 2 is 2.05 bits per heavy atom. The van der Waals surface area contributed by atoms with Gasteiger partial charge in [0, 0.05) is 6.54 Å². The Bertz CT molecular complexity index is 332. The zero-order valence-electron chi connectivity index (χ0n) is 11.9. The van der Waals surface area contributed by atoms with E-state index in [1.54, 1.807) is 0 Å². The lowest BCUT2D eigenvalue weighted by molar-refractivity contribution is -0.153. The topological polar surface area (TPSA) is 41.6 Å². The van der Waals surface area contributed by atoms with Crippen LogP contribution in [0.3, 0.4) is 0 Å². The molecule has 0 aromatic carbocycles. The summed E-state index contributed by atoms with van der Waals surface area (Å²) in [6.45, 7) is 4.69. The number of nitrogens with one attached hydrogen (secondary N) is 1. The summed E-state index contributed by atoms with van der Waals surface area (Å²) in [5, 5.41) is 3.43. The molecule has 1 N–H and O–H groups in total. The molecular formula is C15H26N2O2. The quantitative estimate of drug-likeness (QED) is 0.783. The molecular weight excluding hydrogens is 240 g/mol. The van der Waals surface area contributed by atoms with Crippen molar-refractivity contribution in [1.82, 2.24) is 10.2 Å². The molecule has 1 saturated carbocycles. The van der Waals surface area contributed by atoms with Crippen molar-refractivity contribution in [3.63, 3.8) is 0 Å². The molecule has 0 aromatic rings. The number of hydrogen-bond donors (Lipinski definition) is 1. The standard InChI is InChI=1S/C15H26N2O2/c1-11-5-4-8-16-14(11)15(18)17-9-10-19-13-7-3-2-6-12(13)17/h11-14,16H,2-10H2,1H3.